The average molecular weight is 204 g/mol. The Hall–Kier alpha value is -0.0500. The summed E-state index contributed by atoms with van der Waals surface area (Å²) in [5.41, 5.74) is 5.83. The summed E-state index contributed by atoms with van der Waals surface area (Å²) in [4.78, 5) is 1.29. The molecule has 2 N–H and O–H groups in total. The Labute approximate surface area is 82.5 Å². The van der Waals surface area contributed by atoms with Crippen molar-refractivity contribution in [3.8, 4) is 0 Å². The topological polar surface area (TPSA) is 26.0 Å². The van der Waals surface area contributed by atoms with Crippen molar-refractivity contribution in [2.24, 2.45) is 5.73 Å². The van der Waals surface area contributed by atoms with Crippen LogP contribution in [0.15, 0.2) is 12.1 Å². The molecule has 0 aromatic carbocycles. The van der Waals surface area contributed by atoms with Gasteiger partial charge >= 0.3 is 0 Å². The van der Waals surface area contributed by atoms with Crippen molar-refractivity contribution in [3.05, 3.63) is 21.3 Å². The Morgan fingerprint density at radius 2 is 2.25 bits per heavy atom. The minimum absolute atomic E-state index is 0.109. The third-order valence-electron chi connectivity index (χ3n) is 2.40. The molecule has 0 radical (unpaired) electrons. The fraction of sp³-hybridized carbons (Fsp3) is 0.556. The largest absolute Gasteiger partial charge is 0.330 e. The van der Waals surface area contributed by atoms with Crippen molar-refractivity contribution in [3.63, 3.8) is 0 Å². The number of rotatable bonds is 3. The van der Waals surface area contributed by atoms with Gasteiger partial charge in [0.25, 0.3) is 0 Å². The van der Waals surface area contributed by atoms with Crippen LogP contribution >= 0.6 is 22.9 Å². The molecular weight excluding hydrogens is 190 g/mol. The van der Waals surface area contributed by atoms with Crippen LogP contribution in [-0.4, -0.2) is 6.54 Å². The molecule has 0 spiro atoms. The number of hydrogen-bond donors (Lipinski definition) is 1. The molecule has 12 heavy (non-hydrogen) atoms. The van der Waals surface area contributed by atoms with E-state index in [0.717, 1.165) is 10.8 Å². The standard InChI is InChI=1S/C9H14ClNS/c1-3-9(2,6-11)7-4-5-8(10)12-7/h4-5H,3,6,11H2,1-2H3. The van der Waals surface area contributed by atoms with Gasteiger partial charge in [-0.1, -0.05) is 25.4 Å². The van der Waals surface area contributed by atoms with Gasteiger partial charge in [-0.25, -0.2) is 0 Å². The third-order valence-corrected chi connectivity index (χ3v) is 3.94. The molecule has 0 saturated heterocycles. The van der Waals surface area contributed by atoms with Crippen LogP contribution in [0.2, 0.25) is 4.34 Å². The average Bonchev–Trinajstić information content (AvgIpc) is 2.51. The first-order valence-electron chi connectivity index (χ1n) is 4.08. The highest BCUT2D eigenvalue weighted by atomic mass is 35.5. The van der Waals surface area contributed by atoms with Crippen molar-refractivity contribution in [2.75, 3.05) is 6.54 Å². The molecule has 0 fully saturated rings. The van der Waals surface area contributed by atoms with E-state index in [-0.39, 0.29) is 5.41 Å². The summed E-state index contributed by atoms with van der Waals surface area (Å²) in [6.07, 6.45) is 1.06. The zero-order chi connectivity index (χ0) is 9.19. The van der Waals surface area contributed by atoms with Crippen molar-refractivity contribution < 1.29 is 0 Å². The summed E-state index contributed by atoms with van der Waals surface area (Å²) in [5, 5.41) is 0. The van der Waals surface area contributed by atoms with Crippen LogP contribution in [0.5, 0.6) is 0 Å². The van der Waals surface area contributed by atoms with E-state index in [9.17, 15) is 0 Å². The number of hydrogen-bond acceptors (Lipinski definition) is 2. The quantitative estimate of drug-likeness (QED) is 0.803. The van der Waals surface area contributed by atoms with E-state index < -0.39 is 0 Å². The van der Waals surface area contributed by atoms with Gasteiger partial charge < -0.3 is 5.73 Å². The smallest absolute Gasteiger partial charge is 0.0931 e. The van der Waals surface area contributed by atoms with Crippen molar-refractivity contribution >= 4 is 22.9 Å². The highest BCUT2D eigenvalue weighted by Crippen LogP contribution is 2.34. The fourth-order valence-corrected chi connectivity index (χ4v) is 2.33. The molecule has 0 bridgehead atoms. The van der Waals surface area contributed by atoms with Crippen LogP contribution < -0.4 is 5.73 Å². The molecule has 1 heterocycles. The Bertz CT molecular complexity index is 253. The minimum Gasteiger partial charge on any atom is -0.330 e. The lowest BCUT2D eigenvalue weighted by atomic mass is 9.86. The van der Waals surface area contributed by atoms with Crippen molar-refractivity contribution in [1.82, 2.24) is 0 Å². The molecule has 0 aliphatic heterocycles. The first-order valence-corrected chi connectivity index (χ1v) is 5.27. The first-order chi connectivity index (χ1) is 5.62. The highest BCUT2D eigenvalue weighted by molar-refractivity contribution is 7.16. The van der Waals surface area contributed by atoms with Crippen LogP contribution in [-0.2, 0) is 5.41 Å². The third kappa shape index (κ3) is 1.82. The maximum absolute atomic E-state index is 5.86. The van der Waals surface area contributed by atoms with Gasteiger partial charge in [0, 0.05) is 16.8 Å². The first kappa shape index (κ1) is 10.0. The summed E-state index contributed by atoms with van der Waals surface area (Å²) < 4.78 is 0.845. The lowest BCUT2D eigenvalue weighted by Gasteiger charge is -2.24. The highest BCUT2D eigenvalue weighted by Gasteiger charge is 2.24. The van der Waals surface area contributed by atoms with E-state index in [1.54, 1.807) is 11.3 Å². The Balaban J connectivity index is 2.94. The van der Waals surface area contributed by atoms with Crippen LogP contribution in [0.1, 0.15) is 25.1 Å². The molecule has 1 aromatic heterocycles. The predicted molar refractivity (Wildman–Crippen MR) is 56.0 cm³/mol. The molecule has 1 aromatic rings. The van der Waals surface area contributed by atoms with Gasteiger partial charge in [-0.3, -0.25) is 0 Å². The molecule has 1 unspecified atom stereocenters. The molecule has 68 valence electrons. The second-order valence-corrected chi connectivity index (χ2v) is 4.94. The van der Waals surface area contributed by atoms with Crippen LogP contribution in [0.4, 0.5) is 0 Å². The van der Waals surface area contributed by atoms with E-state index in [1.807, 2.05) is 6.07 Å². The molecular formula is C9H14ClNS. The zero-order valence-corrected chi connectivity index (χ0v) is 9.00. The van der Waals surface area contributed by atoms with E-state index in [0.29, 0.717) is 6.54 Å². The number of nitrogens with two attached hydrogens (primary N) is 1. The Kier molecular flexibility index (Phi) is 3.16. The maximum atomic E-state index is 5.86. The van der Waals surface area contributed by atoms with Gasteiger partial charge in [0.1, 0.15) is 0 Å². The second kappa shape index (κ2) is 3.77. The van der Waals surface area contributed by atoms with Crippen LogP contribution in [0.3, 0.4) is 0 Å². The SMILES string of the molecule is CCC(C)(CN)c1ccc(Cl)s1. The number of halogens is 1. The molecule has 0 amide bonds. The molecule has 0 aliphatic rings. The van der Waals surface area contributed by atoms with Crippen LogP contribution in [0, 0.1) is 0 Å². The summed E-state index contributed by atoms with van der Waals surface area (Å²) in [5.74, 6) is 0. The summed E-state index contributed by atoms with van der Waals surface area (Å²) >= 11 is 7.49. The van der Waals surface area contributed by atoms with Gasteiger partial charge in [-0.2, -0.15) is 0 Å². The lowest BCUT2D eigenvalue weighted by molar-refractivity contribution is 0.476. The van der Waals surface area contributed by atoms with Gasteiger partial charge in [0.05, 0.1) is 4.34 Å². The minimum atomic E-state index is 0.109. The molecule has 0 aliphatic carbocycles. The van der Waals surface area contributed by atoms with E-state index >= 15 is 0 Å². The number of thiophene rings is 1. The molecule has 1 nitrogen and oxygen atoms in total. The van der Waals surface area contributed by atoms with E-state index in [4.69, 9.17) is 17.3 Å². The Morgan fingerprint density at radius 3 is 2.58 bits per heavy atom. The maximum Gasteiger partial charge on any atom is 0.0931 e. The van der Waals surface area contributed by atoms with Crippen molar-refractivity contribution in [1.29, 1.82) is 0 Å². The van der Waals surface area contributed by atoms with Gasteiger partial charge in [-0.05, 0) is 18.6 Å². The Morgan fingerprint density at radius 1 is 1.58 bits per heavy atom. The van der Waals surface area contributed by atoms with Crippen molar-refractivity contribution in [2.45, 2.75) is 25.7 Å². The predicted octanol–water partition coefficient (Wildman–Crippen LogP) is 3.03. The lowest BCUT2D eigenvalue weighted by Crippen LogP contribution is -2.29. The summed E-state index contributed by atoms with van der Waals surface area (Å²) in [6.45, 7) is 5.01. The molecule has 0 saturated carbocycles. The van der Waals surface area contributed by atoms with Gasteiger partial charge in [0.15, 0.2) is 0 Å². The summed E-state index contributed by atoms with van der Waals surface area (Å²) in [7, 11) is 0. The van der Waals surface area contributed by atoms with Crippen LogP contribution in [0.25, 0.3) is 0 Å². The fourth-order valence-electron chi connectivity index (χ4n) is 1.06. The van der Waals surface area contributed by atoms with Gasteiger partial charge in [0.2, 0.25) is 0 Å². The second-order valence-electron chi connectivity index (χ2n) is 3.22. The zero-order valence-electron chi connectivity index (χ0n) is 7.43. The van der Waals surface area contributed by atoms with E-state index in [1.165, 1.54) is 4.88 Å². The molecule has 1 rings (SSSR count). The monoisotopic (exact) mass is 203 g/mol. The molecule has 3 heteroatoms. The summed E-state index contributed by atoms with van der Waals surface area (Å²) in [6, 6.07) is 4.01. The van der Waals surface area contributed by atoms with E-state index in [2.05, 4.69) is 19.9 Å². The van der Waals surface area contributed by atoms with Gasteiger partial charge in [-0.15, -0.1) is 11.3 Å². The molecule has 1 atom stereocenters. The normalized spacial score (nSPS) is 16.0.